The first-order valence-corrected chi connectivity index (χ1v) is 23.2. The number of esters is 2. The van der Waals surface area contributed by atoms with Crippen molar-refractivity contribution in [2.75, 3.05) is 0 Å². The van der Waals surface area contributed by atoms with Gasteiger partial charge in [-0.15, -0.1) is 0 Å². The molecule has 0 radical (unpaired) electrons. The SMILES string of the molecule is CC(I)(I)I.CC(I)I.CC[C@H]1OC(O)[C@](C)(O)[C@H]1F.CC[C@H]1OC(OC(=O)c2ccccc2)[C@](C)(OC(=O)c2ccccc2)[C@H]1F.O=C(Cl)c1ccccc1. The molecule has 2 unspecified atom stereocenters. The Kier molecular flexibility index (Phi) is 25.3. The molecule has 0 bridgehead atoms. The lowest BCUT2D eigenvalue weighted by Crippen LogP contribution is -2.49. The van der Waals surface area contributed by atoms with Gasteiger partial charge in [-0.05, 0) is 76.4 Å². The maximum Gasteiger partial charge on any atom is 0.340 e. The lowest BCUT2D eigenvalue weighted by atomic mass is 9.97. The second-order valence-electron chi connectivity index (χ2n) is 12.5. The number of ether oxygens (including phenoxy) is 4. The van der Waals surface area contributed by atoms with Crippen LogP contribution in [0.1, 0.15) is 85.5 Å². The summed E-state index contributed by atoms with van der Waals surface area (Å²) in [7, 11) is 0. The molecule has 2 saturated heterocycles. The molecular weight excluding hydrogens is 1320 g/mol. The molecule has 0 saturated carbocycles. The van der Waals surface area contributed by atoms with Crippen LogP contribution in [-0.4, -0.2) is 77.1 Å². The van der Waals surface area contributed by atoms with Gasteiger partial charge in [-0.3, -0.25) is 4.79 Å². The van der Waals surface area contributed by atoms with Crippen molar-refractivity contribution in [2.24, 2.45) is 0 Å². The van der Waals surface area contributed by atoms with Gasteiger partial charge in [0.25, 0.3) is 5.24 Å². The number of hydrogen-bond donors (Lipinski definition) is 2. The number of aliphatic hydroxyl groups is 2. The summed E-state index contributed by atoms with van der Waals surface area (Å²) in [6.07, 6.45) is -6.61. The van der Waals surface area contributed by atoms with Crippen LogP contribution in [0.5, 0.6) is 0 Å². The summed E-state index contributed by atoms with van der Waals surface area (Å²) in [5, 5.41) is 17.9. The summed E-state index contributed by atoms with van der Waals surface area (Å²) in [6, 6.07) is 25.3. The van der Waals surface area contributed by atoms with E-state index in [-0.39, 0.29) is 5.56 Å². The fourth-order valence-electron chi connectivity index (χ4n) is 4.74. The van der Waals surface area contributed by atoms with E-state index in [0.717, 1.165) is 1.93 Å². The molecule has 5 rings (SSSR count). The zero-order valence-electron chi connectivity index (χ0n) is 31.4. The first kappa shape index (κ1) is 53.9. The van der Waals surface area contributed by atoms with Crippen LogP contribution in [0.2, 0.25) is 0 Å². The number of aliphatic hydroxyl groups excluding tert-OH is 1. The Morgan fingerprint density at radius 3 is 1.45 bits per heavy atom. The van der Waals surface area contributed by atoms with Crippen LogP contribution >= 0.6 is 125 Å². The van der Waals surface area contributed by atoms with Crippen molar-refractivity contribution in [3.05, 3.63) is 108 Å². The highest BCUT2D eigenvalue weighted by atomic mass is 127. The third-order valence-electron chi connectivity index (χ3n) is 7.68. The first-order chi connectivity index (χ1) is 26.0. The molecule has 3 aromatic rings. The summed E-state index contributed by atoms with van der Waals surface area (Å²) in [4.78, 5) is 35.3. The molecule has 2 heterocycles. The Bertz CT molecular complexity index is 1600. The van der Waals surface area contributed by atoms with Crippen molar-refractivity contribution >= 4 is 142 Å². The van der Waals surface area contributed by atoms with Gasteiger partial charge in [0.05, 0.1) is 25.3 Å². The highest BCUT2D eigenvalue weighted by molar-refractivity contribution is 14.3. The number of benzene rings is 3. The molecule has 8 atom stereocenters. The Hall–Kier alpha value is -0.0900. The molecule has 312 valence electrons. The van der Waals surface area contributed by atoms with E-state index in [1.165, 1.54) is 13.8 Å². The van der Waals surface area contributed by atoms with Crippen molar-refractivity contribution in [2.45, 2.75) is 104 Å². The van der Waals surface area contributed by atoms with Crippen molar-refractivity contribution in [3.63, 3.8) is 0 Å². The van der Waals surface area contributed by atoms with Gasteiger partial charge in [0, 0.05) is 5.56 Å². The summed E-state index contributed by atoms with van der Waals surface area (Å²) in [6.45, 7) is 10.4. The van der Waals surface area contributed by atoms with E-state index in [1.54, 1.807) is 98.8 Å². The third kappa shape index (κ3) is 19.1. The predicted octanol–water partition coefficient (Wildman–Crippen LogP) is 11.4. The molecule has 0 aromatic heterocycles. The van der Waals surface area contributed by atoms with Crippen LogP contribution in [0.3, 0.4) is 0 Å². The van der Waals surface area contributed by atoms with Crippen molar-refractivity contribution in [1.82, 2.24) is 0 Å². The predicted molar refractivity (Wildman–Crippen MR) is 257 cm³/mol. The average molecular weight is 1370 g/mol. The van der Waals surface area contributed by atoms with Gasteiger partial charge in [0.15, 0.2) is 18.6 Å². The molecule has 17 heteroatoms. The molecule has 2 fully saturated rings. The van der Waals surface area contributed by atoms with E-state index in [9.17, 15) is 23.9 Å². The molecule has 0 spiro atoms. The number of carbonyl (C=O) groups excluding carboxylic acids is 3. The minimum atomic E-state index is -1.75. The topological polar surface area (TPSA) is 129 Å². The van der Waals surface area contributed by atoms with Gasteiger partial charge in [0.1, 0.15) is 5.04 Å². The van der Waals surface area contributed by atoms with E-state index in [1.807, 2.05) is 6.07 Å². The third-order valence-corrected chi connectivity index (χ3v) is 7.90. The largest absolute Gasteiger partial charge is 0.446 e. The second-order valence-corrected chi connectivity index (χ2v) is 31.7. The van der Waals surface area contributed by atoms with Gasteiger partial charge in [-0.25, -0.2) is 18.4 Å². The zero-order chi connectivity index (χ0) is 42.9. The summed E-state index contributed by atoms with van der Waals surface area (Å²) in [5.74, 6) is -1.38. The van der Waals surface area contributed by atoms with E-state index >= 15 is 4.39 Å². The zero-order valence-corrected chi connectivity index (χ0v) is 42.9. The number of alkyl halides is 7. The number of rotatable bonds is 7. The summed E-state index contributed by atoms with van der Waals surface area (Å²) in [5.41, 5.74) is -2.38. The van der Waals surface area contributed by atoms with E-state index in [0.29, 0.717) is 23.4 Å². The van der Waals surface area contributed by atoms with Gasteiger partial charge < -0.3 is 29.2 Å². The minimum Gasteiger partial charge on any atom is -0.446 e. The monoisotopic (exact) mass is 1370 g/mol. The fourth-order valence-corrected chi connectivity index (χ4v) is 4.87. The average Bonchev–Trinajstić information content (AvgIpc) is 3.49. The standard InChI is InChI=1S/C21H21FO5.C7H5ClO.C7H13FO3.C2H3I3.C2H4I2/c1-3-16-17(22)21(2,27-19(24)15-12-8-5-9-13-15)20(25-16)26-18(23)14-10-6-4-7-11-14;8-7(9)6-4-2-1-3-5-6;1-3-4-5(8)7(2,10)6(9)11-4;1-2(3,4)5;1-2(3)4/h4-13,16-17,20H,3H2,1-2H3;1-5H;4-6,9-10H,3H2,1-2H3;1H3;2H,1H3/t16-,17+,20?,21-;;4-,5+,6?,7-;;/m1.1../s1. The van der Waals surface area contributed by atoms with Crippen molar-refractivity contribution in [3.8, 4) is 0 Å². The Labute approximate surface area is 401 Å². The Balaban J connectivity index is 0.000000440. The molecule has 0 aliphatic carbocycles. The maximum absolute atomic E-state index is 15.0. The molecule has 0 amide bonds. The van der Waals surface area contributed by atoms with Crippen LogP contribution in [0, 0.1) is 0 Å². The van der Waals surface area contributed by atoms with E-state index < -0.39 is 65.5 Å². The quantitative estimate of drug-likeness (QED) is 0.103. The molecular formula is C39H46ClF2I5O9. The van der Waals surface area contributed by atoms with Crippen LogP contribution in [0.4, 0.5) is 8.78 Å². The second kappa shape index (κ2) is 26.3. The van der Waals surface area contributed by atoms with Crippen molar-refractivity contribution < 1.29 is 52.3 Å². The fraction of sp³-hybridized carbons (Fsp3) is 0.462. The van der Waals surface area contributed by atoms with Crippen LogP contribution in [-0.2, 0) is 18.9 Å². The van der Waals surface area contributed by atoms with E-state index in [2.05, 4.69) is 127 Å². The van der Waals surface area contributed by atoms with Gasteiger partial charge in [0.2, 0.25) is 11.9 Å². The number of carbonyl (C=O) groups is 3. The van der Waals surface area contributed by atoms with Crippen LogP contribution < -0.4 is 0 Å². The lowest BCUT2D eigenvalue weighted by molar-refractivity contribution is -0.170. The highest BCUT2D eigenvalue weighted by Crippen LogP contribution is 2.39. The smallest absolute Gasteiger partial charge is 0.340 e. The normalized spacial score (nSPS) is 26.4. The molecule has 2 aliphatic rings. The van der Waals surface area contributed by atoms with Crippen molar-refractivity contribution in [1.29, 1.82) is 0 Å². The van der Waals surface area contributed by atoms with Gasteiger partial charge in [-0.2, -0.15) is 0 Å². The highest BCUT2D eigenvalue weighted by Gasteiger charge is 2.59. The molecule has 56 heavy (non-hydrogen) atoms. The minimum absolute atomic E-state index is 0.277. The summed E-state index contributed by atoms with van der Waals surface area (Å²) >= 11 is 16.9. The first-order valence-electron chi connectivity index (χ1n) is 17.1. The number of halogens is 8. The van der Waals surface area contributed by atoms with Crippen LogP contribution in [0.25, 0.3) is 0 Å². The Morgan fingerprint density at radius 2 is 1.14 bits per heavy atom. The van der Waals surface area contributed by atoms with Gasteiger partial charge in [-0.1, -0.05) is 194 Å². The number of hydrogen-bond acceptors (Lipinski definition) is 9. The Morgan fingerprint density at radius 1 is 0.786 bits per heavy atom. The molecule has 2 aliphatic heterocycles. The van der Waals surface area contributed by atoms with Gasteiger partial charge >= 0.3 is 11.9 Å². The van der Waals surface area contributed by atoms with Crippen LogP contribution in [0.15, 0.2) is 91.0 Å². The van der Waals surface area contributed by atoms with E-state index in [4.69, 9.17) is 35.7 Å². The molecule has 2 N–H and O–H groups in total. The lowest BCUT2D eigenvalue weighted by Gasteiger charge is -2.30. The summed E-state index contributed by atoms with van der Waals surface area (Å²) < 4.78 is 50.5. The molecule has 9 nitrogen and oxygen atoms in total. The molecule has 3 aromatic carbocycles. The maximum atomic E-state index is 15.0.